The fourth-order valence-electron chi connectivity index (χ4n) is 6.60. The third kappa shape index (κ3) is 5.70. The second-order valence-corrected chi connectivity index (χ2v) is 12.7. The van der Waals surface area contributed by atoms with Gasteiger partial charge in [-0.25, -0.2) is 4.79 Å². The summed E-state index contributed by atoms with van der Waals surface area (Å²) >= 11 is 1.52. The van der Waals surface area contributed by atoms with Crippen LogP contribution in [0.1, 0.15) is 36.0 Å². The van der Waals surface area contributed by atoms with Gasteiger partial charge in [-0.05, 0) is 66.6 Å². The Hall–Kier alpha value is -4.23. The van der Waals surface area contributed by atoms with E-state index in [4.69, 9.17) is 14.3 Å². The fraction of sp³-hybridized carbons (Fsp3) is 0.364. The van der Waals surface area contributed by atoms with Gasteiger partial charge in [-0.2, -0.15) is 0 Å². The Labute approximate surface area is 264 Å². The highest BCUT2D eigenvalue weighted by atomic mass is 32.1. The number of carbonyl (C=O) groups is 1. The van der Waals surface area contributed by atoms with Gasteiger partial charge < -0.3 is 19.2 Å². The number of carbonyl (C=O) groups excluding carboxylic acids is 1. The number of aromatic nitrogens is 5. The summed E-state index contributed by atoms with van der Waals surface area (Å²) in [7, 11) is 0. The summed E-state index contributed by atoms with van der Waals surface area (Å²) in [6.45, 7) is 5.68. The van der Waals surface area contributed by atoms with Crippen LogP contribution in [0.4, 0.5) is 5.69 Å². The quantitative estimate of drug-likeness (QED) is 0.247. The first-order valence-corrected chi connectivity index (χ1v) is 16.3. The van der Waals surface area contributed by atoms with E-state index < -0.39 is 5.97 Å². The van der Waals surface area contributed by atoms with Crippen LogP contribution in [0.2, 0.25) is 0 Å². The largest absolute Gasteiger partial charge is 0.369 e. The second kappa shape index (κ2) is 11.9. The van der Waals surface area contributed by atoms with Gasteiger partial charge in [0.25, 0.3) is 0 Å². The Bertz CT molecular complexity index is 1780. The Balaban J connectivity index is 0.862. The molecule has 5 aromatic rings. The van der Waals surface area contributed by atoms with E-state index in [1.165, 1.54) is 17.0 Å². The number of fused-ring (bicyclic) bond motifs is 1. The summed E-state index contributed by atoms with van der Waals surface area (Å²) in [5.41, 5.74) is 4.83. The maximum atomic E-state index is 12.7. The monoisotopic (exact) mass is 623 g/mol. The lowest BCUT2D eigenvalue weighted by molar-refractivity contribution is -0.184. The Morgan fingerprint density at radius 3 is 2.13 bits per heavy atom. The van der Waals surface area contributed by atoms with E-state index in [0.717, 1.165) is 91.1 Å². The Morgan fingerprint density at radius 2 is 1.44 bits per heavy atom. The van der Waals surface area contributed by atoms with E-state index in [9.17, 15) is 4.79 Å². The first kappa shape index (κ1) is 28.3. The first-order chi connectivity index (χ1) is 22.1. The smallest absolute Gasteiger partial charge is 0.365 e. The molecule has 2 aliphatic heterocycles. The summed E-state index contributed by atoms with van der Waals surface area (Å²) in [6, 6.07) is 23.7. The number of rotatable bonds is 6. The molecule has 0 bridgehead atoms. The average molecular weight is 624 g/mol. The molecule has 230 valence electrons. The van der Waals surface area contributed by atoms with Crippen molar-refractivity contribution in [1.29, 1.82) is 0 Å². The number of hydrogen-bond donors (Lipinski definition) is 0. The minimum atomic E-state index is -0.520. The lowest BCUT2D eigenvalue weighted by Gasteiger charge is -2.44. The molecule has 4 heterocycles. The van der Waals surface area contributed by atoms with Crippen LogP contribution in [0.3, 0.4) is 0 Å². The molecule has 0 atom stereocenters. The molecule has 2 saturated heterocycles. The predicted octanol–water partition coefficient (Wildman–Crippen LogP) is 4.69. The minimum absolute atomic E-state index is 0.288. The third-order valence-corrected chi connectivity index (χ3v) is 10.1. The van der Waals surface area contributed by atoms with Crippen LogP contribution in [0.25, 0.3) is 32.2 Å². The van der Waals surface area contributed by atoms with Crippen molar-refractivity contribution in [3.63, 3.8) is 0 Å². The molecule has 1 saturated carbocycles. The molecule has 0 amide bonds. The zero-order chi connectivity index (χ0) is 30.2. The Kier molecular flexibility index (Phi) is 7.50. The number of hydrogen-bond acceptors (Lipinski definition) is 11. The maximum Gasteiger partial charge on any atom is 0.365 e. The van der Waals surface area contributed by atoms with Gasteiger partial charge in [0, 0.05) is 61.9 Å². The molecule has 0 radical (unpaired) electrons. The molecule has 0 unspecified atom stereocenters. The van der Waals surface area contributed by atoms with Gasteiger partial charge in [0.1, 0.15) is 21.0 Å². The average Bonchev–Trinajstić information content (AvgIpc) is 3.87. The number of anilines is 1. The van der Waals surface area contributed by atoms with Gasteiger partial charge in [-0.1, -0.05) is 40.4 Å². The van der Waals surface area contributed by atoms with Gasteiger partial charge in [0.05, 0.1) is 18.8 Å². The number of nitrogens with zero attached hydrogens (tertiary/aromatic N) is 7. The van der Waals surface area contributed by atoms with Crippen molar-refractivity contribution in [1.82, 2.24) is 30.3 Å². The van der Waals surface area contributed by atoms with Crippen LogP contribution in [0.15, 0.2) is 72.8 Å². The van der Waals surface area contributed by atoms with Gasteiger partial charge in [0.15, 0.2) is 5.79 Å². The van der Waals surface area contributed by atoms with Crippen molar-refractivity contribution in [2.24, 2.45) is 0 Å². The molecular formula is C33H33N7O4S. The van der Waals surface area contributed by atoms with Gasteiger partial charge >= 0.3 is 5.97 Å². The predicted molar refractivity (Wildman–Crippen MR) is 170 cm³/mol. The van der Waals surface area contributed by atoms with Crippen molar-refractivity contribution < 1.29 is 19.1 Å². The van der Waals surface area contributed by atoms with Crippen LogP contribution in [0.5, 0.6) is 0 Å². The molecule has 0 N–H and O–H groups in total. The molecule has 12 heteroatoms. The number of piperazine rings is 1. The van der Waals surface area contributed by atoms with Crippen LogP contribution < -0.4 is 9.74 Å². The number of ether oxygens (including phenoxy) is 2. The highest BCUT2D eigenvalue weighted by Gasteiger charge is 2.41. The van der Waals surface area contributed by atoms with E-state index in [1.807, 2.05) is 30.3 Å². The standard InChI is InChI=1S/C33H33N7O4S/c41-32(44-40-29-4-2-1-3-28(29)34-37-40)25-7-5-23(6-8-25)30-35-36-31(45-30)24-9-11-26(12-10-24)38-17-19-39(20-18-38)27-13-15-33(16-14-27)42-21-22-43-33/h1-12,27H,13-22H2. The molecule has 8 rings (SSSR count). The molecule has 11 nitrogen and oxygen atoms in total. The van der Waals surface area contributed by atoms with E-state index >= 15 is 0 Å². The van der Waals surface area contributed by atoms with Crippen LogP contribution in [0, 0.1) is 0 Å². The molecule has 3 fully saturated rings. The summed E-state index contributed by atoms with van der Waals surface area (Å²) in [5.74, 6) is -0.808. The number of para-hydroxylation sites is 1. The zero-order valence-electron chi connectivity index (χ0n) is 24.7. The topological polar surface area (TPSA) is 108 Å². The molecular weight excluding hydrogens is 590 g/mol. The van der Waals surface area contributed by atoms with Crippen molar-refractivity contribution in [3.05, 3.63) is 78.4 Å². The van der Waals surface area contributed by atoms with Crippen molar-refractivity contribution in [2.75, 3.05) is 44.3 Å². The van der Waals surface area contributed by atoms with Gasteiger partial charge in [-0.3, -0.25) is 4.90 Å². The molecule has 3 aliphatic rings. The highest BCUT2D eigenvalue weighted by Crippen LogP contribution is 2.38. The fourth-order valence-corrected chi connectivity index (χ4v) is 7.46. The summed E-state index contributed by atoms with van der Waals surface area (Å²) in [5, 5.41) is 18.4. The van der Waals surface area contributed by atoms with Crippen LogP contribution >= 0.6 is 11.3 Å². The summed E-state index contributed by atoms with van der Waals surface area (Å²) in [6.07, 6.45) is 4.32. The van der Waals surface area contributed by atoms with Crippen molar-refractivity contribution in [2.45, 2.75) is 37.5 Å². The maximum absolute atomic E-state index is 12.7. The molecule has 45 heavy (non-hydrogen) atoms. The minimum Gasteiger partial charge on any atom is -0.369 e. The number of benzene rings is 3. The van der Waals surface area contributed by atoms with E-state index in [1.54, 1.807) is 18.2 Å². The third-order valence-electron chi connectivity index (χ3n) is 9.12. The van der Waals surface area contributed by atoms with E-state index in [-0.39, 0.29) is 5.79 Å². The molecule has 2 aromatic heterocycles. The lowest BCUT2D eigenvalue weighted by Crippen LogP contribution is -2.52. The van der Waals surface area contributed by atoms with Crippen LogP contribution in [-0.4, -0.2) is 87.4 Å². The molecule has 1 aliphatic carbocycles. The van der Waals surface area contributed by atoms with Crippen molar-refractivity contribution in [3.8, 4) is 21.1 Å². The zero-order valence-corrected chi connectivity index (χ0v) is 25.6. The summed E-state index contributed by atoms with van der Waals surface area (Å²) in [4.78, 5) is 24.4. The summed E-state index contributed by atoms with van der Waals surface area (Å²) < 4.78 is 11.8. The van der Waals surface area contributed by atoms with E-state index in [0.29, 0.717) is 22.6 Å². The van der Waals surface area contributed by atoms with Gasteiger partial charge in [0.2, 0.25) is 0 Å². The van der Waals surface area contributed by atoms with Crippen LogP contribution in [-0.2, 0) is 9.47 Å². The lowest BCUT2D eigenvalue weighted by atomic mass is 9.88. The van der Waals surface area contributed by atoms with E-state index in [2.05, 4.69) is 54.6 Å². The second-order valence-electron chi connectivity index (χ2n) is 11.7. The Morgan fingerprint density at radius 1 is 0.800 bits per heavy atom. The first-order valence-electron chi connectivity index (χ1n) is 15.5. The molecule has 3 aromatic carbocycles. The van der Waals surface area contributed by atoms with Gasteiger partial charge in [-0.15, -0.1) is 15.3 Å². The normalized spacial score (nSPS) is 19.0. The van der Waals surface area contributed by atoms with Crippen molar-refractivity contribution >= 4 is 34.0 Å². The molecule has 1 spiro atoms. The SMILES string of the molecule is O=C(On1nnc2ccccc21)c1ccc(-c2nnc(-c3ccc(N4CCN(C5CCC6(CC5)OCCO6)CC4)cc3)s2)cc1. The highest BCUT2D eigenvalue weighted by molar-refractivity contribution is 7.17.